The fraction of sp³-hybridized carbons (Fsp3) is 0.562. The molecule has 1 aliphatic heterocycles. The van der Waals surface area contributed by atoms with Crippen LogP contribution in [0.4, 0.5) is 14.5 Å². The molecular weight excluding hydrogens is 288 g/mol. The first kappa shape index (κ1) is 16.7. The van der Waals surface area contributed by atoms with E-state index in [0.29, 0.717) is 19.5 Å². The lowest BCUT2D eigenvalue weighted by molar-refractivity contribution is -0.124. The molecule has 22 heavy (non-hydrogen) atoms. The highest BCUT2D eigenvalue weighted by atomic mass is 19.1. The van der Waals surface area contributed by atoms with Crippen molar-refractivity contribution in [2.75, 3.05) is 18.0 Å². The van der Waals surface area contributed by atoms with Gasteiger partial charge in [-0.15, -0.1) is 0 Å². The Hall–Kier alpha value is -1.69. The van der Waals surface area contributed by atoms with Gasteiger partial charge in [0.05, 0.1) is 6.04 Å². The Morgan fingerprint density at radius 2 is 2.09 bits per heavy atom. The van der Waals surface area contributed by atoms with Crippen LogP contribution < -0.4 is 16.0 Å². The molecule has 4 nitrogen and oxygen atoms in total. The zero-order valence-electron chi connectivity index (χ0n) is 13.0. The molecule has 0 saturated carbocycles. The number of amides is 1. The second kappa shape index (κ2) is 7.05. The first-order valence-electron chi connectivity index (χ1n) is 7.69. The van der Waals surface area contributed by atoms with Crippen LogP contribution in [-0.4, -0.2) is 31.1 Å². The van der Waals surface area contributed by atoms with Crippen LogP contribution >= 0.6 is 0 Å². The van der Waals surface area contributed by atoms with Gasteiger partial charge in [0.1, 0.15) is 17.3 Å². The lowest BCUT2D eigenvalue weighted by Gasteiger charge is -2.22. The number of nitrogens with one attached hydrogen (secondary N) is 1. The van der Waals surface area contributed by atoms with Crippen molar-refractivity contribution >= 4 is 11.6 Å². The van der Waals surface area contributed by atoms with Gasteiger partial charge in [-0.2, -0.15) is 0 Å². The van der Waals surface area contributed by atoms with E-state index >= 15 is 0 Å². The van der Waals surface area contributed by atoms with Gasteiger partial charge in [-0.1, -0.05) is 26.3 Å². The van der Waals surface area contributed by atoms with Crippen LogP contribution in [0, 0.1) is 17.6 Å². The average molecular weight is 311 g/mol. The molecule has 1 heterocycles. The minimum absolute atomic E-state index is 0.0227. The molecule has 0 bridgehead atoms. The van der Waals surface area contributed by atoms with Crippen molar-refractivity contribution in [2.45, 2.75) is 38.8 Å². The standard InChI is InChI=1S/C16H23F2N3O/c1-3-10(2)14(19)16(22)20-11-7-8-21(9-11)15-12(17)5-4-6-13(15)18/h4-6,10-11,14H,3,7-9,19H2,1-2H3,(H,20,22). The van der Waals surface area contributed by atoms with Gasteiger partial charge in [0, 0.05) is 19.1 Å². The third-order valence-electron chi connectivity index (χ3n) is 4.35. The molecule has 0 spiro atoms. The monoisotopic (exact) mass is 311 g/mol. The smallest absolute Gasteiger partial charge is 0.237 e. The lowest BCUT2D eigenvalue weighted by Crippen LogP contribution is -2.49. The third-order valence-corrected chi connectivity index (χ3v) is 4.35. The van der Waals surface area contributed by atoms with Crippen LogP contribution in [0.5, 0.6) is 0 Å². The van der Waals surface area contributed by atoms with Crippen LogP contribution in [-0.2, 0) is 4.79 Å². The number of benzene rings is 1. The van der Waals surface area contributed by atoms with Gasteiger partial charge in [0.2, 0.25) is 5.91 Å². The molecule has 122 valence electrons. The topological polar surface area (TPSA) is 58.4 Å². The molecule has 3 unspecified atom stereocenters. The molecule has 3 atom stereocenters. The first-order chi connectivity index (χ1) is 10.4. The fourth-order valence-corrected chi connectivity index (χ4v) is 2.68. The van der Waals surface area contributed by atoms with Crippen LogP contribution in [0.3, 0.4) is 0 Å². The van der Waals surface area contributed by atoms with E-state index in [0.717, 1.165) is 6.42 Å². The van der Waals surface area contributed by atoms with Gasteiger partial charge < -0.3 is 16.0 Å². The molecule has 0 aromatic heterocycles. The Morgan fingerprint density at radius 1 is 1.45 bits per heavy atom. The molecule has 0 radical (unpaired) electrons. The Morgan fingerprint density at radius 3 is 2.68 bits per heavy atom. The van der Waals surface area contributed by atoms with E-state index < -0.39 is 17.7 Å². The summed E-state index contributed by atoms with van der Waals surface area (Å²) >= 11 is 0. The normalized spacial score (nSPS) is 20.8. The molecular formula is C16H23F2N3O. The molecule has 1 saturated heterocycles. The van der Waals surface area contributed by atoms with Crippen molar-refractivity contribution in [2.24, 2.45) is 11.7 Å². The highest BCUT2D eigenvalue weighted by Crippen LogP contribution is 2.26. The number of hydrogen-bond donors (Lipinski definition) is 2. The van der Waals surface area contributed by atoms with Crippen LogP contribution in [0.2, 0.25) is 0 Å². The number of carbonyl (C=O) groups is 1. The van der Waals surface area contributed by atoms with Gasteiger partial charge in [0.15, 0.2) is 0 Å². The largest absolute Gasteiger partial charge is 0.365 e. The summed E-state index contributed by atoms with van der Waals surface area (Å²) < 4.78 is 27.6. The number of anilines is 1. The molecule has 1 fully saturated rings. The summed E-state index contributed by atoms with van der Waals surface area (Å²) in [6, 6.07) is 3.13. The van der Waals surface area contributed by atoms with Crippen molar-refractivity contribution in [1.29, 1.82) is 0 Å². The summed E-state index contributed by atoms with van der Waals surface area (Å²) in [5.74, 6) is -1.26. The average Bonchev–Trinajstić information content (AvgIpc) is 2.93. The molecule has 1 amide bonds. The lowest BCUT2D eigenvalue weighted by atomic mass is 9.99. The summed E-state index contributed by atoms with van der Waals surface area (Å²) in [5.41, 5.74) is 5.88. The van der Waals surface area contributed by atoms with E-state index in [1.54, 1.807) is 4.90 Å². The van der Waals surface area contributed by atoms with E-state index in [2.05, 4.69) is 5.32 Å². The Kier molecular flexibility index (Phi) is 5.34. The summed E-state index contributed by atoms with van der Waals surface area (Å²) in [6.45, 7) is 4.80. The van der Waals surface area contributed by atoms with Gasteiger partial charge in [-0.25, -0.2) is 8.78 Å². The van der Waals surface area contributed by atoms with E-state index in [9.17, 15) is 13.6 Å². The molecule has 1 aromatic rings. The highest BCUT2D eigenvalue weighted by molar-refractivity contribution is 5.82. The van der Waals surface area contributed by atoms with Crippen LogP contribution in [0.25, 0.3) is 0 Å². The number of hydrogen-bond acceptors (Lipinski definition) is 3. The van der Waals surface area contributed by atoms with Crippen LogP contribution in [0.1, 0.15) is 26.7 Å². The maximum atomic E-state index is 13.8. The number of rotatable bonds is 5. The molecule has 1 aromatic carbocycles. The van der Waals surface area contributed by atoms with E-state index in [1.807, 2.05) is 13.8 Å². The minimum Gasteiger partial charge on any atom is -0.365 e. The van der Waals surface area contributed by atoms with Crippen LogP contribution in [0.15, 0.2) is 18.2 Å². The number of nitrogens with two attached hydrogens (primary N) is 1. The Bertz CT molecular complexity index is 518. The maximum Gasteiger partial charge on any atom is 0.237 e. The summed E-state index contributed by atoms with van der Waals surface area (Å²) in [4.78, 5) is 13.7. The number of halogens is 2. The molecule has 0 aliphatic carbocycles. The fourth-order valence-electron chi connectivity index (χ4n) is 2.68. The zero-order chi connectivity index (χ0) is 16.3. The highest BCUT2D eigenvalue weighted by Gasteiger charge is 2.29. The van der Waals surface area contributed by atoms with Crippen molar-refractivity contribution in [1.82, 2.24) is 5.32 Å². The Labute approximate surface area is 129 Å². The maximum absolute atomic E-state index is 13.8. The minimum atomic E-state index is -0.580. The van der Waals surface area contributed by atoms with E-state index in [-0.39, 0.29) is 23.6 Å². The van der Waals surface area contributed by atoms with E-state index in [1.165, 1.54) is 18.2 Å². The summed E-state index contributed by atoms with van der Waals surface area (Å²) in [7, 11) is 0. The Balaban J connectivity index is 1.97. The number of carbonyl (C=O) groups excluding carboxylic acids is 1. The van der Waals surface area contributed by atoms with E-state index in [4.69, 9.17) is 5.73 Å². The van der Waals surface area contributed by atoms with Gasteiger partial charge in [0.25, 0.3) is 0 Å². The molecule has 2 rings (SSSR count). The second-order valence-electron chi connectivity index (χ2n) is 5.92. The number of para-hydroxylation sites is 1. The predicted molar refractivity (Wildman–Crippen MR) is 82.5 cm³/mol. The third kappa shape index (κ3) is 3.55. The van der Waals surface area contributed by atoms with Gasteiger partial charge >= 0.3 is 0 Å². The molecule has 3 N–H and O–H groups in total. The molecule has 1 aliphatic rings. The second-order valence-corrected chi connectivity index (χ2v) is 5.92. The van der Waals surface area contributed by atoms with Crippen molar-refractivity contribution in [3.8, 4) is 0 Å². The van der Waals surface area contributed by atoms with Crippen molar-refractivity contribution in [3.63, 3.8) is 0 Å². The summed E-state index contributed by atoms with van der Waals surface area (Å²) in [5, 5.41) is 2.88. The zero-order valence-corrected chi connectivity index (χ0v) is 13.0. The van der Waals surface area contributed by atoms with Gasteiger partial charge in [-0.3, -0.25) is 4.79 Å². The quantitative estimate of drug-likeness (QED) is 0.875. The first-order valence-corrected chi connectivity index (χ1v) is 7.69. The van der Waals surface area contributed by atoms with Crippen molar-refractivity contribution < 1.29 is 13.6 Å². The number of nitrogens with zero attached hydrogens (tertiary/aromatic N) is 1. The van der Waals surface area contributed by atoms with Gasteiger partial charge in [-0.05, 0) is 24.5 Å². The SMILES string of the molecule is CCC(C)C(N)C(=O)NC1CCN(c2c(F)cccc2F)C1. The van der Waals surface area contributed by atoms with Crippen molar-refractivity contribution in [3.05, 3.63) is 29.8 Å². The summed E-state index contributed by atoms with van der Waals surface area (Å²) in [6.07, 6.45) is 1.47. The predicted octanol–water partition coefficient (Wildman–Crippen LogP) is 2.03. The molecule has 6 heteroatoms.